The number of epoxide rings is 1. The van der Waals surface area contributed by atoms with Crippen LogP contribution in [0.5, 0.6) is 5.75 Å². The highest BCUT2D eigenvalue weighted by Crippen LogP contribution is 2.30. The molecule has 0 N–H and O–H groups in total. The average molecular weight is 218 g/mol. The van der Waals surface area contributed by atoms with Crippen molar-refractivity contribution >= 4 is 17.3 Å². The lowest BCUT2D eigenvalue weighted by molar-refractivity contribution is 0.111. The molecule has 0 bridgehead atoms. The monoisotopic (exact) mass is 218 g/mol. The number of fused-ring (bicyclic) bond motifs is 1. The summed E-state index contributed by atoms with van der Waals surface area (Å²) in [6.45, 7) is 1.21. The van der Waals surface area contributed by atoms with E-state index in [2.05, 4.69) is 0 Å². The molecule has 4 heteroatoms. The summed E-state index contributed by atoms with van der Waals surface area (Å²) in [5.74, 6) is 0.580. The first-order valence-electron chi connectivity index (χ1n) is 5.08. The Bertz CT molecular complexity index is 525. The molecule has 1 fully saturated rings. The minimum atomic E-state index is 0.168. The van der Waals surface area contributed by atoms with Gasteiger partial charge >= 0.3 is 0 Å². The third kappa shape index (κ3) is 1.57. The predicted octanol–water partition coefficient (Wildman–Crippen LogP) is 2.02. The van der Waals surface area contributed by atoms with E-state index in [4.69, 9.17) is 13.9 Å². The number of benzene rings is 1. The maximum absolute atomic E-state index is 10.9. The second-order valence-electron chi connectivity index (χ2n) is 3.70. The fourth-order valence-electron chi connectivity index (χ4n) is 1.63. The summed E-state index contributed by atoms with van der Waals surface area (Å²) in [5.41, 5.74) is 1.26. The molecular formula is C12H10O4. The van der Waals surface area contributed by atoms with Gasteiger partial charge in [0.25, 0.3) is 0 Å². The molecular weight excluding hydrogens is 208 g/mol. The van der Waals surface area contributed by atoms with Gasteiger partial charge in [0.05, 0.1) is 23.8 Å². The molecule has 0 amide bonds. The normalized spacial score (nSPS) is 18.6. The highest BCUT2D eigenvalue weighted by Gasteiger charge is 2.24. The highest BCUT2D eigenvalue weighted by atomic mass is 16.6. The van der Waals surface area contributed by atoms with E-state index in [1.54, 1.807) is 24.5 Å². The Balaban J connectivity index is 2.01. The predicted molar refractivity (Wildman–Crippen MR) is 56.8 cm³/mol. The van der Waals surface area contributed by atoms with Crippen LogP contribution in [0.2, 0.25) is 0 Å². The lowest BCUT2D eigenvalue weighted by Gasteiger charge is -2.07. The molecule has 0 aliphatic carbocycles. The SMILES string of the molecule is O=Cc1ccc2occc2c1OCC1CO1. The zero-order chi connectivity index (χ0) is 11.0. The first kappa shape index (κ1) is 9.42. The van der Waals surface area contributed by atoms with E-state index in [1.165, 1.54) is 0 Å². The van der Waals surface area contributed by atoms with E-state index in [9.17, 15) is 4.79 Å². The smallest absolute Gasteiger partial charge is 0.153 e. The van der Waals surface area contributed by atoms with E-state index >= 15 is 0 Å². The minimum Gasteiger partial charge on any atom is -0.489 e. The largest absolute Gasteiger partial charge is 0.489 e. The molecule has 1 aromatic carbocycles. The Morgan fingerprint density at radius 2 is 2.31 bits per heavy atom. The first-order valence-corrected chi connectivity index (χ1v) is 5.08. The summed E-state index contributed by atoms with van der Waals surface area (Å²) < 4.78 is 15.9. The number of hydrogen-bond donors (Lipinski definition) is 0. The van der Waals surface area contributed by atoms with Gasteiger partial charge in [0.1, 0.15) is 24.0 Å². The molecule has 3 rings (SSSR count). The average Bonchev–Trinajstić information content (AvgIpc) is 3.01. The molecule has 2 heterocycles. The second kappa shape index (κ2) is 3.64. The number of carbonyl (C=O) groups is 1. The third-order valence-electron chi connectivity index (χ3n) is 2.56. The number of furan rings is 1. The summed E-state index contributed by atoms with van der Waals surface area (Å²) in [6.07, 6.45) is 2.54. The van der Waals surface area contributed by atoms with Crippen LogP contribution in [0.4, 0.5) is 0 Å². The van der Waals surface area contributed by atoms with Gasteiger partial charge < -0.3 is 13.9 Å². The second-order valence-corrected chi connectivity index (χ2v) is 3.70. The molecule has 1 unspecified atom stereocenters. The molecule has 1 aliphatic rings. The van der Waals surface area contributed by atoms with Crippen LogP contribution in [0.1, 0.15) is 10.4 Å². The molecule has 2 aromatic rings. The van der Waals surface area contributed by atoms with Gasteiger partial charge in [-0.1, -0.05) is 0 Å². The summed E-state index contributed by atoms with van der Waals surface area (Å²) >= 11 is 0. The summed E-state index contributed by atoms with van der Waals surface area (Å²) in [4.78, 5) is 10.9. The lowest BCUT2D eigenvalue weighted by Crippen LogP contribution is -2.05. The lowest BCUT2D eigenvalue weighted by atomic mass is 10.1. The van der Waals surface area contributed by atoms with E-state index in [-0.39, 0.29) is 6.10 Å². The third-order valence-corrected chi connectivity index (χ3v) is 2.56. The Morgan fingerprint density at radius 1 is 1.44 bits per heavy atom. The quantitative estimate of drug-likeness (QED) is 0.582. The van der Waals surface area contributed by atoms with Crippen molar-refractivity contribution in [3.8, 4) is 5.75 Å². The van der Waals surface area contributed by atoms with Crippen LogP contribution in [-0.4, -0.2) is 25.6 Å². The number of aldehydes is 1. The van der Waals surface area contributed by atoms with Crippen LogP contribution in [-0.2, 0) is 4.74 Å². The van der Waals surface area contributed by atoms with Gasteiger partial charge in [-0.15, -0.1) is 0 Å². The van der Waals surface area contributed by atoms with Gasteiger partial charge in [-0.05, 0) is 18.2 Å². The standard InChI is InChI=1S/C12H10O4/c13-5-8-1-2-11-10(3-4-14-11)12(8)16-7-9-6-15-9/h1-5,9H,6-7H2. The fraction of sp³-hybridized carbons (Fsp3) is 0.250. The van der Waals surface area contributed by atoms with Gasteiger partial charge in [0.2, 0.25) is 0 Å². The number of hydrogen-bond acceptors (Lipinski definition) is 4. The minimum absolute atomic E-state index is 0.168. The van der Waals surface area contributed by atoms with Gasteiger partial charge in [-0.3, -0.25) is 4.79 Å². The van der Waals surface area contributed by atoms with Crippen molar-refractivity contribution in [2.45, 2.75) is 6.10 Å². The number of rotatable bonds is 4. The molecule has 1 aromatic heterocycles. The summed E-state index contributed by atoms with van der Waals surface area (Å²) in [6, 6.07) is 5.26. The van der Waals surface area contributed by atoms with Crippen LogP contribution in [0, 0.1) is 0 Å². The van der Waals surface area contributed by atoms with Crippen LogP contribution in [0.3, 0.4) is 0 Å². The van der Waals surface area contributed by atoms with Crippen LogP contribution < -0.4 is 4.74 Å². The number of ether oxygens (including phenoxy) is 2. The molecule has 16 heavy (non-hydrogen) atoms. The molecule has 0 saturated carbocycles. The van der Waals surface area contributed by atoms with Crippen LogP contribution in [0.25, 0.3) is 11.0 Å². The molecule has 1 aliphatic heterocycles. The Kier molecular flexibility index (Phi) is 2.15. The van der Waals surface area contributed by atoms with Crippen molar-refractivity contribution < 1.29 is 18.7 Å². The zero-order valence-electron chi connectivity index (χ0n) is 8.51. The van der Waals surface area contributed by atoms with E-state index < -0.39 is 0 Å². The Labute approximate surface area is 91.7 Å². The van der Waals surface area contributed by atoms with Crippen molar-refractivity contribution in [1.29, 1.82) is 0 Å². The summed E-state index contributed by atoms with van der Waals surface area (Å²) in [7, 11) is 0. The topological polar surface area (TPSA) is 52.0 Å². The maximum Gasteiger partial charge on any atom is 0.153 e. The molecule has 0 spiro atoms. The number of carbonyl (C=O) groups excluding carboxylic acids is 1. The van der Waals surface area contributed by atoms with Gasteiger partial charge in [-0.25, -0.2) is 0 Å². The fourth-order valence-corrected chi connectivity index (χ4v) is 1.63. The molecule has 82 valence electrons. The summed E-state index contributed by atoms with van der Waals surface area (Å²) in [5, 5.41) is 0.824. The zero-order valence-corrected chi connectivity index (χ0v) is 8.51. The molecule has 1 atom stereocenters. The van der Waals surface area contributed by atoms with Crippen molar-refractivity contribution in [3.05, 3.63) is 30.0 Å². The Morgan fingerprint density at radius 3 is 3.06 bits per heavy atom. The van der Waals surface area contributed by atoms with Gasteiger partial charge in [0, 0.05) is 0 Å². The van der Waals surface area contributed by atoms with Crippen LogP contribution >= 0.6 is 0 Å². The van der Waals surface area contributed by atoms with Crippen molar-refractivity contribution in [3.63, 3.8) is 0 Å². The van der Waals surface area contributed by atoms with Gasteiger partial charge in [0.15, 0.2) is 6.29 Å². The van der Waals surface area contributed by atoms with Crippen LogP contribution in [0.15, 0.2) is 28.9 Å². The maximum atomic E-state index is 10.9. The van der Waals surface area contributed by atoms with Crippen molar-refractivity contribution in [2.24, 2.45) is 0 Å². The van der Waals surface area contributed by atoms with Crippen molar-refractivity contribution in [2.75, 3.05) is 13.2 Å². The van der Waals surface area contributed by atoms with Gasteiger partial charge in [-0.2, -0.15) is 0 Å². The Hall–Kier alpha value is -1.81. The van der Waals surface area contributed by atoms with Crippen molar-refractivity contribution in [1.82, 2.24) is 0 Å². The van der Waals surface area contributed by atoms with E-state index in [0.717, 1.165) is 23.9 Å². The van der Waals surface area contributed by atoms with E-state index in [1.807, 2.05) is 0 Å². The first-order chi connectivity index (χ1) is 7.88. The highest BCUT2D eigenvalue weighted by molar-refractivity contribution is 5.93. The molecule has 0 radical (unpaired) electrons. The molecule has 1 saturated heterocycles. The molecule has 4 nitrogen and oxygen atoms in total. The van der Waals surface area contributed by atoms with E-state index in [0.29, 0.717) is 17.9 Å².